The number of para-hydroxylation sites is 3. The SMILES string of the molecule is [2H]C([2H])([2H])c1cccc(C([2H])([2H])[2H])c1-c1cc(-c2ccc(C(C)(C)C)cc2)c2c(c1)-c1ccccc1-c1ccccc1-c1cc(-n3c4ccccc4c4ccccc43)cc3c1[n+]-2[c-]n3-c1cccc(Oc2ccc3c4ccccc4n(-c4cc(C(C)(C)C)ccn4)c3c2)c1. The Morgan fingerprint density at radius 1 is 0.409 bits per heavy atom. The smallest absolute Gasteiger partial charge is 0.269 e. The fourth-order valence-electron chi connectivity index (χ4n) is 13.6. The number of rotatable bonds is 7. The second kappa shape index (κ2) is 20.0. The van der Waals surface area contributed by atoms with Gasteiger partial charge in [-0.2, -0.15) is 0 Å². The molecular formula is C82H65N5O. The molecule has 0 bridgehead atoms. The lowest BCUT2D eigenvalue weighted by Crippen LogP contribution is -2.32. The van der Waals surface area contributed by atoms with Crippen molar-refractivity contribution in [3.8, 4) is 90.0 Å². The molecule has 11 aromatic carbocycles. The molecule has 0 amide bonds. The Hall–Kier alpha value is -10.6. The largest absolute Gasteiger partial charge is 0.458 e. The molecule has 0 spiro atoms. The van der Waals surface area contributed by atoms with Crippen molar-refractivity contribution < 1.29 is 17.5 Å². The minimum atomic E-state index is -2.66. The predicted molar refractivity (Wildman–Crippen MR) is 364 cm³/mol. The maximum Gasteiger partial charge on any atom is 0.269 e. The zero-order valence-electron chi connectivity index (χ0n) is 55.8. The van der Waals surface area contributed by atoms with Crippen molar-refractivity contribution in [1.82, 2.24) is 18.7 Å². The molecule has 0 aliphatic carbocycles. The highest BCUT2D eigenvalue weighted by molar-refractivity contribution is 6.11. The van der Waals surface area contributed by atoms with Crippen molar-refractivity contribution in [2.45, 2.75) is 66.1 Å². The Morgan fingerprint density at radius 3 is 1.60 bits per heavy atom. The van der Waals surface area contributed by atoms with Crippen LogP contribution in [0.4, 0.5) is 0 Å². The maximum atomic E-state index is 8.96. The van der Waals surface area contributed by atoms with Crippen LogP contribution in [0.1, 0.15) is 72.0 Å². The van der Waals surface area contributed by atoms with E-state index in [2.05, 4.69) is 254 Å². The van der Waals surface area contributed by atoms with E-state index in [-0.39, 0.29) is 27.5 Å². The van der Waals surface area contributed by atoms with Crippen LogP contribution in [0, 0.1) is 20.0 Å². The van der Waals surface area contributed by atoms with E-state index in [4.69, 9.17) is 17.9 Å². The molecule has 0 atom stereocenters. The van der Waals surface area contributed by atoms with Gasteiger partial charge >= 0.3 is 0 Å². The van der Waals surface area contributed by atoms with Crippen molar-refractivity contribution >= 4 is 54.6 Å². The highest BCUT2D eigenvalue weighted by Gasteiger charge is 2.30. The number of nitrogens with zero attached hydrogens (tertiary/aromatic N) is 5. The van der Waals surface area contributed by atoms with Gasteiger partial charge in [0.2, 0.25) is 0 Å². The normalized spacial score (nSPS) is 13.6. The van der Waals surface area contributed by atoms with Gasteiger partial charge in [-0.25, -0.2) is 4.98 Å². The van der Waals surface area contributed by atoms with Gasteiger partial charge in [-0.05, 0) is 187 Å². The highest BCUT2D eigenvalue weighted by Crippen LogP contribution is 2.49. The second-order valence-electron chi connectivity index (χ2n) is 25.4. The van der Waals surface area contributed by atoms with Gasteiger partial charge in [-0.1, -0.05) is 193 Å². The fourth-order valence-corrected chi connectivity index (χ4v) is 13.6. The molecule has 0 fully saturated rings. The molecule has 16 rings (SSSR count). The molecule has 6 heteroatoms. The van der Waals surface area contributed by atoms with E-state index < -0.39 is 13.7 Å². The lowest BCUT2D eigenvalue weighted by Gasteiger charge is -2.23. The summed E-state index contributed by atoms with van der Waals surface area (Å²) in [7, 11) is 0. The van der Waals surface area contributed by atoms with Gasteiger partial charge in [0.05, 0.1) is 44.5 Å². The quantitative estimate of drug-likeness (QED) is 0.118. The predicted octanol–water partition coefficient (Wildman–Crippen LogP) is 20.9. The van der Waals surface area contributed by atoms with Gasteiger partial charge < -0.3 is 9.30 Å². The topological polar surface area (TPSA) is 40.8 Å². The second-order valence-corrected chi connectivity index (χ2v) is 25.4. The van der Waals surface area contributed by atoms with Crippen molar-refractivity contribution in [2.75, 3.05) is 0 Å². The van der Waals surface area contributed by atoms with Gasteiger partial charge in [-0.3, -0.25) is 13.7 Å². The summed E-state index contributed by atoms with van der Waals surface area (Å²) in [4.78, 5) is 4.95. The highest BCUT2D eigenvalue weighted by atomic mass is 16.5. The third kappa shape index (κ3) is 8.53. The van der Waals surface area contributed by atoms with Crippen LogP contribution in [0.3, 0.4) is 0 Å². The Bertz CT molecular complexity index is 5510. The van der Waals surface area contributed by atoms with Crippen LogP contribution < -0.4 is 9.30 Å². The average molecular weight is 1140 g/mol. The molecule has 424 valence electrons. The number of imidazole rings is 1. The van der Waals surface area contributed by atoms with Crippen LogP contribution in [-0.2, 0) is 10.8 Å². The van der Waals surface area contributed by atoms with Crippen molar-refractivity contribution in [3.05, 3.63) is 277 Å². The summed E-state index contributed by atoms with van der Waals surface area (Å²) in [6, 6.07) is 83.0. The molecule has 6 nitrogen and oxygen atoms in total. The third-order valence-corrected chi connectivity index (χ3v) is 17.8. The summed E-state index contributed by atoms with van der Waals surface area (Å²) in [6.07, 6.45) is 5.93. The van der Waals surface area contributed by atoms with Crippen LogP contribution >= 0.6 is 0 Å². The first-order valence-corrected chi connectivity index (χ1v) is 30.1. The van der Waals surface area contributed by atoms with E-state index in [1.54, 1.807) is 18.2 Å². The van der Waals surface area contributed by atoms with Crippen molar-refractivity contribution in [1.29, 1.82) is 0 Å². The number of ether oxygens (including phenoxy) is 1. The molecule has 0 N–H and O–H groups in total. The van der Waals surface area contributed by atoms with Gasteiger partial charge in [0.15, 0.2) is 0 Å². The lowest BCUT2D eigenvalue weighted by atomic mass is 9.84. The van der Waals surface area contributed by atoms with E-state index in [1.807, 2.05) is 42.6 Å². The van der Waals surface area contributed by atoms with E-state index >= 15 is 0 Å². The van der Waals surface area contributed by atoms with E-state index in [1.165, 1.54) is 5.56 Å². The maximum absolute atomic E-state index is 8.96. The van der Waals surface area contributed by atoms with Gasteiger partial charge in [0.1, 0.15) is 17.3 Å². The molecule has 0 saturated carbocycles. The molecule has 1 aliphatic rings. The monoisotopic (exact) mass is 1140 g/mol. The Labute approximate surface area is 521 Å². The Balaban J connectivity index is 1.00. The van der Waals surface area contributed by atoms with Crippen molar-refractivity contribution in [3.63, 3.8) is 0 Å². The van der Waals surface area contributed by atoms with Crippen LogP contribution in [0.25, 0.3) is 133 Å². The first kappa shape index (κ1) is 46.7. The Morgan fingerprint density at radius 2 is 0.966 bits per heavy atom. The summed E-state index contributed by atoms with van der Waals surface area (Å²) in [5.74, 6) is 2.09. The molecule has 0 saturated heterocycles. The molecule has 5 heterocycles. The molecule has 0 radical (unpaired) electrons. The molecule has 4 aromatic heterocycles. The zero-order chi connectivity index (χ0) is 64.7. The number of hydrogen-bond acceptors (Lipinski definition) is 2. The molecule has 0 unspecified atom stereocenters. The number of benzene rings is 11. The minimum absolute atomic E-state index is 0.0419. The van der Waals surface area contributed by atoms with Crippen LogP contribution in [0.2, 0.25) is 0 Å². The number of fused-ring (bicyclic) bond motifs is 13. The number of aryl methyl sites for hydroxylation is 2. The van der Waals surface area contributed by atoms with Crippen LogP contribution in [0.5, 0.6) is 11.5 Å². The summed E-state index contributed by atoms with van der Waals surface area (Å²) in [5.41, 5.74) is 17.9. The summed E-state index contributed by atoms with van der Waals surface area (Å²) < 4.78 is 69.7. The van der Waals surface area contributed by atoms with E-state index in [0.29, 0.717) is 17.1 Å². The number of pyridine rings is 1. The van der Waals surface area contributed by atoms with Crippen LogP contribution in [0.15, 0.2) is 249 Å². The number of aromatic nitrogens is 5. The van der Waals surface area contributed by atoms with Gasteiger partial charge in [0, 0.05) is 47.7 Å². The summed E-state index contributed by atoms with van der Waals surface area (Å²) in [6.45, 7) is 7.91. The van der Waals surface area contributed by atoms with E-state index in [0.717, 1.165) is 128 Å². The molecule has 88 heavy (non-hydrogen) atoms. The molecular weight excluding hydrogens is 1070 g/mol. The first-order valence-electron chi connectivity index (χ1n) is 33.1. The fraction of sp³-hybridized carbons (Fsp3) is 0.122. The summed E-state index contributed by atoms with van der Waals surface area (Å²) >= 11 is 0. The standard InChI is InChI=1S/C82H65N5O/c1-51-21-19-22-52(2)78(51)54-43-69(53-35-37-55(38-36-53)81(3,4)5)79-70(44-54)63-27-11-9-25-61(63)62-26-10-12-28-64(62)71-47-58(86-72-32-16-13-29-65(72)66-30-14-17-33-73(66)86)48-76-80(71)85(79)50-84(76)57-23-20-24-59(46-57)88-60-39-40-68-67-31-15-18-34-74(67)87(75(68)49-60)77-45-56(41-42-83-77)82(6,7)8/h9-49H,1-8H3/i1D3,2D3. The Kier molecular flexibility index (Phi) is 10.6. The molecule has 15 aromatic rings. The van der Waals surface area contributed by atoms with Gasteiger partial charge in [0.25, 0.3) is 6.33 Å². The summed E-state index contributed by atoms with van der Waals surface area (Å²) in [5, 5.41) is 4.47. The van der Waals surface area contributed by atoms with Crippen molar-refractivity contribution in [2.24, 2.45) is 0 Å². The average Bonchev–Trinajstić information content (AvgIpc) is 1.50. The minimum Gasteiger partial charge on any atom is -0.458 e. The van der Waals surface area contributed by atoms with Gasteiger partial charge in [-0.15, -0.1) is 0 Å². The molecule has 1 aliphatic heterocycles. The zero-order valence-corrected chi connectivity index (χ0v) is 49.8. The third-order valence-electron chi connectivity index (χ3n) is 17.8. The van der Waals surface area contributed by atoms with E-state index in [9.17, 15) is 0 Å². The van der Waals surface area contributed by atoms with Crippen LogP contribution in [-0.4, -0.2) is 18.7 Å². The number of hydrogen-bond donors (Lipinski definition) is 0. The first-order chi connectivity index (χ1) is 45.2. The lowest BCUT2D eigenvalue weighted by molar-refractivity contribution is -0.570.